The SMILES string of the molecule is COC(=O)c1nn(COCC[Si](C)(C)C)c(-c2cc(C)c3ncnn3c2)c1Br. The van der Waals surface area contributed by atoms with Gasteiger partial charge in [0, 0.05) is 26.4 Å². The molecule has 3 aromatic heterocycles. The van der Waals surface area contributed by atoms with Crippen LogP contribution in [0, 0.1) is 6.92 Å². The number of hydrogen-bond acceptors (Lipinski definition) is 6. The molecular formula is C18H24BrN5O3Si. The Morgan fingerprint density at radius 3 is 2.75 bits per heavy atom. The molecule has 0 radical (unpaired) electrons. The van der Waals surface area contributed by atoms with Gasteiger partial charge in [-0.1, -0.05) is 19.6 Å². The fraction of sp³-hybridized carbons (Fsp3) is 0.444. The summed E-state index contributed by atoms with van der Waals surface area (Å²) in [5.41, 5.74) is 3.54. The molecule has 8 nitrogen and oxygen atoms in total. The van der Waals surface area contributed by atoms with Crippen LogP contribution in [0.1, 0.15) is 16.1 Å². The van der Waals surface area contributed by atoms with Crippen LogP contribution in [0.3, 0.4) is 0 Å². The summed E-state index contributed by atoms with van der Waals surface area (Å²) in [6.45, 7) is 9.77. The third-order valence-electron chi connectivity index (χ3n) is 4.32. The van der Waals surface area contributed by atoms with E-state index in [9.17, 15) is 4.79 Å². The molecule has 0 bridgehead atoms. The number of aryl methyl sites for hydroxylation is 1. The highest BCUT2D eigenvalue weighted by Gasteiger charge is 2.24. The first-order chi connectivity index (χ1) is 13.2. The van der Waals surface area contributed by atoms with Gasteiger partial charge >= 0.3 is 5.97 Å². The van der Waals surface area contributed by atoms with Crippen molar-refractivity contribution in [1.29, 1.82) is 0 Å². The van der Waals surface area contributed by atoms with Gasteiger partial charge in [0.05, 0.1) is 17.3 Å². The Labute approximate surface area is 173 Å². The number of fused-ring (bicyclic) bond motifs is 1. The van der Waals surface area contributed by atoms with E-state index in [0.29, 0.717) is 11.1 Å². The van der Waals surface area contributed by atoms with Gasteiger partial charge in [-0.25, -0.2) is 19.0 Å². The molecular weight excluding hydrogens is 442 g/mol. The van der Waals surface area contributed by atoms with Crippen LogP contribution in [-0.2, 0) is 16.2 Å². The van der Waals surface area contributed by atoms with Gasteiger partial charge in [0.15, 0.2) is 11.3 Å². The van der Waals surface area contributed by atoms with Gasteiger partial charge in [0.2, 0.25) is 0 Å². The van der Waals surface area contributed by atoms with Crippen LogP contribution in [0.4, 0.5) is 0 Å². The lowest BCUT2D eigenvalue weighted by atomic mass is 10.1. The number of aromatic nitrogens is 5. The van der Waals surface area contributed by atoms with Crippen LogP contribution in [0.25, 0.3) is 16.9 Å². The van der Waals surface area contributed by atoms with Gasteiger partial charge in [0.1, 0.15) is 13.1 Å². The van der Waals surface area contributed by atoms with Gasteiger partial charge in [-0.05, 0) is 40.5 Å². The lowest BCUT2D eigenvalue weighted by Gasteiger charge is -2.16. The van der Waals surface area contributed by atoms with E-state index in [1.165, 1.54) is 13.4 Å². The minimum absolute atomic E-state index is 0.211. The molecule has 0 aliphatic heterocycles. The zero-order valence-electron chi connectivity index (χ0n) is 16.7. The molecule has 150 valence electrons. The number of nitrogens with zero attached hydrogens (tertiary/aromatic N) is 5. The third-order valence-corrected chi connectivity index (χ3v) is 6.77. The lowest BCUT2D eigenvalue weighted by Crippen LogP contribution is -2.22. The molecule has 28 heavy (non-hydrogen) atoms. The van der Waals surface area contributed by atoms with E-state index in [0.717, 1.165) is 28.5 Å². The number of halogens is 1. The molecule has 0 saturated heterocycles. The van der Waals surface area contributed by atoms with E-state index in [1.807, 2.05) is 19.2 Å². The molecule has 0 saturated carbocycles. The molecule has 3 heterocycles. The van der Waals surface area contributed by atoms with Crippen LogP contribution in [0.15, 0.2) is 23.1 Å². The van der Waals surface area contributed by atoms with Crippen LogP contribution < -0.4 is 0 Å². The zero-order valence-corrected chi connectivity index (χ0v) is 19.3. The van der Waals surface area contributed by atoms with Gasteiger partial charge < -0.3 is 9.47 Å². The molecule has 3 rings (SSSR count). The largest absolute Gasteiger partial charge is 0.464 e. The number of hydrogen-bond donors (Lipinski definition) is 0. The van der Waals surface area contributed by atoms with Crippen LogP contribution in [0.2, 0.25) is 25.7 Å². The van der Waals surface area contributed by atoms with E-state index in [-0.39, 0.29) is 12.4 Å². The zero-order chi connectivity index (χ0) is 20.5. The van der Waals surface area contributed by atoms with Crippen LogP contribution in [-0.4, -0.2) is 52.1 Å². The number of esters is 1. The molecule has 0 aliphatic rings. The van der Waals surface area contributed by atoms with Crippen molar-refractivity contribution >= 4 is 35.6 Å². The summed E-state index contributed by atoms with van der Waals surface area (Å²) < 4.78 is 14.7. The molecule has 0 atom stereocenters. The van der Waals surface area contributed by atoms with E-state index < -0.39 is 14.0 Å². The average Bonchev–Trinajstić information content (AvgIpc) is 3.22. The van der Waals surface area contributed by atoms with Crippen LogP contribution >= 0.6 is 15.9 Å². The Bertz CT molecular complexity index is 1010. The van der Waals surface area contributed by atoms with Crippen molar-refractivity contribution in [3.05, 3.63) is 34.3 Å². The monoisotopic (exact) mass is 465 g/mol. The summed E-state index contributed by atoms with van der Waals surface area (Å²) in [7, 11) is 0.148. The highest BCUT2D eigenvalue weighted by atomic mass is 79.9. The van der Waals surface area contributed by atoms with Gasteiger partial charge in [-0.15, -0.1) is 0 Å². The van der Waals surface area contributed by atoms with Crippen molar-refractivity contribution in [2.75, 3.05) is 13.7 Å². The highest BCUT2D eigenvalue weighted by Crippen LogP contribution is 2.32. The maximum atomic E-state index is 12.1. The molecule has 10 heteroatoms. The second-order valence-corrected chi connectivity index (χ2v) is 14.2. The first-order valence-corrected chi connectivity index (χ1v) is 13.4. The average molecular weight is 466 g/mol. The van der Waals surface area contributed by atoms with E-state index >= 15 is 0 Å². The molecule has 0 spiro atoms. The molecule has 0 unspecified atom stereocenters. The van der Waals surface area contributed by atoms with Crippen LogP contribution in [0.5, 0.6) is 0 Å². The molecule has 0 aliphatic carbocycles. The number of ether oxygens (including phenoxy) is 2. The van der Waals surface area contributed by atoms with Crippen molar-refractivity contribution in [3.8, 4) is 11.3 Å². The first kappa shape index (κ1) is 20.7. The predicted octanol–water partition coefficient (Wildman–Crippen LogP) is 3.76. The number of carbonyl (C=O) groups excluding carboxylic acids is 1. The van der Waals surface area contributed by atoms with Crippen molar-refractivity contribution < 1.29 is 14.3 Å². The molecule has 3 aromatic rings. The van der Waals surface area contributed by atoms with Crippen molar-refractivity contribution in [1.82, 2.24) is 24.4 Å². The molecule has 0 aromatic carbocycles. The number of rotatable bonds is 7. The Morgan fingerprint density at radius 2 is 2.07 bits per heavy atom. The summed E-state index contributed by atoms with van der Waals surface area (Å²) >= 11 is 3.52. The summed E-state index contributed by atoms with van der Waals surface area (Å²) in [5.74, 6) is -0.507. The molecule has 0 amide bonds. The smallest absolute Gasteiger partial charge is 0.359 e. The van der Waals surface area contributed by atoms with Gasteiger partial charge in [-0.3, -0.25) is 0 Å². The van der Waals surface area contributed by atoms with Gasteiger partial charge in [-0.2, -0.15) is 10.2 Å². The van der Waals surface area contributed by atoms with Crippen molar-refractivity contribution in [3.63, 3.8) is 0 Å². The third kappa shape index (κ3) is 4.34. The fourth-order valence-corrected chi connectivity index (χ4v) is 4.22. The number of carbonyl (C=O) groups is 1. The minimum atomic E-state index is -1.19. The Morgan fingerprint density at radius 1 is 1.32 bits per heavy atom. The van der Waals surface area contributed by atoms with Gasteiger partial charge in [0.25, 0.3) is 0 Å². The first-order valence-electron chi connectivity index (χ1n) is 8.94. The summed E-state index contributed by atoms with van der Waals surface area (Å²) in [4.78, 5) is 16.4. The topological polar surface area (TPSA) is 83.5 Å². The molecule has 0 N–H and O–H groups in total. The number of pyridine rings is 1. The van der Waals surface area contributed by atoms with E-state index in [1.54, 1.807) is 9.20 Å². The lowest BCUT2D eigenvalue weighted by molar-refractivity contribution is 0.0582. The standard InChI is InChI=1S/C18H24BrN5O3Si/c1-12-8-13(9-23-17(12)20-10-21-23)16-14(19)15(18(25)26-2)22-24(16)11-27-6-7-28(3,4)5/h8-10H,6-7,11H2,1-5H3. The number of methoxy groups -OCH3 is 1. The Kier molecular flexibility index (Phi) is 6.01. The maximum absolute atomic E-state index is 12.1. The summed E-state index contributed by atoms with van der Waals surface area (Å²) in [6.07, 6.45) is 3.37. The molecule has 0 fully saturated rings. The highest BCUT2D eigenvalue weighted by molar-refractivity contribution is 9.10. The Hall–Kier alpha value is -2.04. The van der Waals surface area contributed by atoms with Crippen molar-refractivity contribution in [2.45, 2.75) is 39.3 Å². The Balaban J connectivity index is 1.99. The van der Waals surface area contributed by atoms with Crippen molar-refractivity contribution in [2.24, 2.45) is 0 Å². The second-order valence-electron chi connectivity index (χ2n) is 7.79. The normalized spacial score (nSPS) is 11.9. The van der Waals surface area contributed by atoms with E-state index in [4.69, 9.17) is 9.47 Å². The summed E-state index contributed by atoms with van der Waals surface area (Å²) in [5, 5.41) is 8.65. The maximum Gasteiger partial charge on any atom is 0.359 e. The second kappa shape index (κ2) is 8.14. The van der Waals surface area contributed by atoms with E-state index in [2.05, 4.69) is 50.8 Å². The predicted molar refractivity (Wildman–Crippen MR) is 112 cm³/mol. The minimum Gasteiger partial charge on any atom is -0.464 e. The quantitative estimate of drug-likeness (QED) is 0.300. The summed E-state index contributed by atoms with van der Waals surface area (Å²) in [6, 6.07) is 3.05. The fourth-order valence-electron chi connectivity index (χ4n) is 2.79.